The minimum atomic E-state index is -4.38. The lowest BCUT2D eigenvalue weighted by Gasteiger charge is -2.13. The van der Waals surface area contributed by atoms with Gasteiger partial charge >= 0.3 is 16.1 Å². The summed E-state index contributed by atoms with van der Waals surface area (Å²) in [6.07, 6.45) is 0. The van der Waals surface area contributed by atoms with E-state index in [1.165, 1.54) is 31.4 Å². The zero-order valence-electron chi connectivity index (χ0n) is 13.8. The number of fused-ring (bicyclic) bond motifs is 1. The molecule has 2 aromatic carbocycles. The van der Waals surface area contributed by atoms with Crippen molar-refractivity contribution in [3.05, 3.63) is 64.7 Å². The van der Waals surface area contributed by atoms with Crippen LogP contribution in [0.3, 0.4) is 0 Å². The molecule has 9 heteroatoms. The van der Waals surface area contributed by atoms with Gasteiger partial charge in [-0.15, -0.1) is 9.35 Å². The largest absolute Gasteiger partial charge is 0.465 e. The van der Waals surface area contributed by atoms with E-state index in [2.05, 4.69) is 4.74 Å². The molecule has 0 saturated heterocycles. The molecular formula is C17H13NO7S. The Hall–Kier alpha value is -3.04. The SMILES string of the molecule is COC(=O)c1ccc2c(c1)C(=O)N(OS(=O)(=O)c1ccc(C)cc1)C2=O. The minimum absolute atomic E-state index is 0.0515. The normalized spacial score (nSPS) is 13.7. The summed E-state index contributed by atoms with van der Waals surface area (Å²) in [6, 6.07) is 9.42. The van der Waals surface area contributed by atoms with Crippen LogP contribution in [0.4, 0.5) is 0 Å². The Morgan fingerprint density at radius 2 is 1.58 bits per heavy atom. The van der Waals surface area contributed by atoms with Crippen LogP contribution < -0.4 is 0 Å². The highest BCUT2D eigenvalue weighted by molar-refractivity contribution is 7.86. The van der Waals surface area contributed by atoms with Gasteiger partial charge in [-0.1, -0.05) is 17.7 Å². The molecule has 1 aliphatic rings. The van der Waals surface area contributed by atoms with Crippen LogP contribution in [0.1, 0.15) is 36.6 Å². The molecule has 0 saturated carbocycles. The van der Waals surface area contributed by atoms with Crippen LogP contribution in [0.15, 0.2) is 47.4 Å². The first kappa shape index (κ1) is 17.8. The highest BCUT2D eigenvalue weighted by Crippen LogP contribution is 2.27. The van der Waals surface area contributed by atoms with Crippen molar-refractivity contribution in [3.63, 3.8) is 0 Å². The Morgan fingerprint density at radius 3 is 2.19 bits per heavy atom. The predicted octanol–water partition coefficient (Wildman–Crippen LogP) is 1.70. The van der Waals surface area contributed by atoms with Crippen LogP contribution in [0.2, 0.25) is 0 Å². The van der Waals surface area contributed by atoms with E-state index in [0.717, 1.165) is 11.6 Å². The van der Waals surface area contributed by atoms with Gasteiger partial charge in [-0.2, -0.15) is 8.42 Å². The molecule has 0 fully saturated rings. The van der Waals surface area contributed by atoms with E-state index in [9.17, 15) is 22.8 Å². The molecule has 0 N–H and O–H groups in total. The zero-order valence-corrected chi connectivity index (χ0v) is 14.6. The number of esters is 1. The van der Waals surface area contributed by atoms with Gasteiger partial charge in [-0.3, -0.25) is 9.59 Å². The Balaban J connectivity index is 1.92. The molecule has 0 bridgehead atoms. The fraction of sp³-hybridized carbons (Fsp3) is 0.118. The number of amides is 2. The maximum absolute atomic E-state index is 12.4. The van der Waals surface area contributed by atoms with Crippen molar-refractivity contribution in [2.75, 3.05) is 7.11 Å². The Bertz CT molecular complexity index is 1030. The minimum Gasteiger partial charge on any atom is -0.465 e. The molecule has 2 amide bonds. The van der Waals surface area contributed by atoms with Crippen LogP contribution in [0, 0.1) is 6.92 Å². The number of methoxy groups -OCH3 is 1. The summed E-state index contributed by atoms with van der Waals surface area (Å²) in [6.45, 7) is 1.78. The van der Waals surface area contributed by atoms with Crippen molar-refractivity contribution in [1.29, 1.82) is 0 Å². The number of rotatable bonds is 4. The summed E-state index contributed by atoms with van der Waals surface area (Å²) >= 11 is 0. The first-order valence-corrected chi connectivity index (χ1v) is 8.78. The number of hydrogen-bond acceptors (Lipinski definition) is 7. The van der Waals surface area contributed by atoms with Crippen molar-refractivity contribution in [2.45, 2.75) is 11.8 Å². The van der Waals surface area contributed by atoms with Crippen molar-refractivity contribution in [1.82, 2.24) is 5.06 Å². The number of carbonyl (C=O) groups excluding carboxylic acids is 3. The second-order valence-electron chi connectivity index (χ2n) is 5.50. The third kappa shape index (κ3) is 2.98. The van der Waals surface area contributed by atoms with Gasteiger partial charge in [0, 0.05) is 0 Å². The average Bonchev–Trinajstić information content (AvgIpc) is 2.85. The van der Waals surface area contributed by atoms with Gasteiger partial charge in [0.2, 0.25) is 0 Å². The van der Waals surface area contributed by atoms with Gasteiger partial charge < -0.3 is 4.74 Å². The molecular weight excluding hydrogens is 362 g/mol. The smallest absolute Gasteiger partial charge is 0.337 e. The average molecular weight is 375 g/mol. The molecule has 1 aliphatic heterocycles. The van der Waals surface area contributed by atoms with E-state index >= 15 is 0 Å². The predicted molar refractivity (Wildman–Crippen MR) is 87.7 cm³/mol. The lowest BCUT2D eigenvalue weighted by Crippen LogP contribution is -2.32. The lowest BCUT2D eigenvalue weighted by atomic mass is 10.1. The van der Waals surface area contributed by atoms with Gasteiger partial charge in [0.15, 0.2) is 0 Å². The van der Waals surface area contributed by atoms with Gasteiger partial charge in [0.1, 0.15) is 0 Å². The van der Waals surface area contributed by atoms with Gasteiger partial charge in [0.05, 0.1) is 28.7 Å². The van der Waals surface area contributed by atoms with Crippen LogP contribution in [-0.2, 0) is 19.1 Å². The van der Waals surface area contributed by atoms with Crippen molar-refractivity contribution >= 4 is 27.9 Å². The van der Waals surface area contributed by atoms with Crippen LogP contribution >= 0.6 is 0 Å². The fourth-order valence-corrected chi connectivity index (χ4v) is 3.26. The molecule has 3 rings (SSSR count). The van der Waals surface area contributed by atoms with Crippen LogP contribution in [0.5, 0.6) is 0 Å². The number of benzene rings is 2. The molecule has 134 valence electrons. The number of nitrogens with zero attached hydrogens (tertiary/aromatic N) is 1. The summed E-state index contributed by atoms with van der Waals surface area (Å²) in [5.74, 6) is -2.61. The van der Waals surface area contributed by atoms with Gasteiger partial charge in [0.25, 0.3) is 11.8 Å². The van der Waals surface area contributed by atoms with E-state index in [-0.39, 0.29) is 26.6 Å². The highest BCUT2D eigenvalue weighted by atomic mass is 32.2. The third-order valence-corrected chi connectivity index (χ3v) is 4.95. The molecule has 1 heterocycles. The molecule has 0 atom stereocenters. The Labute approximate surface area is 149 Å². The summed E-state index contributed by atoms with van der Waals surface area (Å²) in [7, 11) is -3.21. The molecule has 0 aliphatic carbocycles. The molecule has 26 heavy (non-hydrogen) atoms. The molecule has 2 aromatic rings. The summed E-state index contributed by atoms with van der Waals surface area (Å²) in [4.78, 5) is 36.1. The quantitative estimate of drug-likeness (QED) is 0.591. The van der Waals surface area contributed by atoms with Crippen molar-refractivity contribution in [2.24, 2.45) is 0 Å². The van der Waals surface area contributed by atoms with E-state index in [0.29, 0.717) is 0 Å². The maximum atomic E-state index is 12.4. The molecule has 0 spiro atoms. The van der Waals surface area contributed by atoms with Crippen LogP contribution in [-0.4, -0.2) is 38.4 Å². The van der Waals surface area contributed by atoms with E-state index in [4.69, 9.17) is 4.28 Å². The highest BCUT2D eigenvalue weighted by Gasteiger charge is 2.40. The van der Waals surface area contributed by atoms with Gasteiger partial charge in [-0.05, 0) is 37.3 Å². The number of carbonyl (C=O) groups is 3. The summed E-state index contributed by atoms with van der Waals surface area (Å²) in [5.41, 5.74) is 0.675. The third-order valence-electron chi connectivity index (χ3n) is 3.75. The topological polar surface area (TPSA) is 107 Å². The monoisotopic (exact) mass is 375 g/mol. The number of aryl methyl sites for hydroxylation is 1. The standard InChI is InChI=1S/C17H13NO7S/c1-10-3-6-12(7-4-10)26(22,23)25-18-15(19)13-8-5-11(17(21)24-2)9-14(13)16(18)20/h3-9H,1-2H3. The fourth-order valence-electron chi connectivity index (χ4n) is 2.38. The molecule has 0 aromatic heterocycles. The first-order chi connectivity index (χ1) is 12.2. The lowest BCUT2D eigenvalue weighted by molar-refractivity contribution is -0.0103. The van der Waals surface area contributed by atoms with Crippen molar-refractivity contribution in [3.8, 4) is 0 Å². The molecule has 8 nitrogen and oxygen atoms in total. The summed E-state index contributed by atoms with van der Waals surface area (Å²) < 4.78 is 33.9. The Kier molecular flexibility index (Phi) is 4.34. The second-order valence-corrected chi connectivity index (χ2v) is 7.03. The maximum Gasteiger partial charge on any atom is 0.337 e. The number of ether oxygens (including phenoxy) is 1. The van der Waals surface area contributed by atoms with E-state index < -0.39 is 27.9 Å². The Morgan fingerprint density at radius 1 is 0.962 bits per heavy atom. The van der Waals surface area contributed by atoms with E-state index in [1.807, 2.05) is 0 Å². The van der Waals surface area contributed by atoms with E-state index in [1.54, 1.807) is 19.1 Å². The summed E-state index contributed by atoms with van der Waals surface area (Å²) in [5, 5.41) is 0.168. The number of hydroxylamine groups is 2. The van der Waals surface area contributed by atoms with Crippen molar-refractivity contribution < 1.29 is 31.8 Å². The van der Waals surface area contributed by atoms with Crippen LogP contribution in [0.25, 0.3) is 0 Å². The molecule has 0 radical (unpaired) electrons. The number of imide groups is 1. The number of hydrogen-bond donors (Lipinski definition) is 0. The second kappa shape index (κ2) is 6.36. The first-order valence-electron chi connectivity index (χ1n) is 7.37. The van der Waals surface area contributed by atoms with Gasteiger partial charge in [-0.25, -0.2) is 4.79 Å². The molecule has 0 unspecified atom stereocenters. The zero-order chi connectivity index (χ0) is 19.1.